The average Bonchev–Trinajstić information content (AvgIpc) is 2.50. The third-order valence-electron chi connectivity index (χ3n) is 3.76. The molecule has 1 aliphatic heterocycles. The molecule has 0 amide bonds. The summed E-state index contributed by atoms with van der Waals surface area (Å²) >= 11 is 0. The molecule has 22 heavy (non-hydrogen) atoms. The Hall–Kier alpha value is -1.32. The van der Waals surface area contributed by atoms with E-state index in [-0.39, 0.29) is 11.9 Å². The molecule has 1 aliphatic rings. The molecule has 1 rings (SSSR count). The molecule has 126 valence electrons. The number of cyclic esters (lactones) is 2. The second-order valence-electron chi connectivity index (χ2n) is 5.82. The van der Waals surface area contributed by atoms with Crippen LogP contribution in [-0.2, 0) is 19.1 Å². The first kappa shape index (κ1) is 18.7. The van der Waals surface area contributed by atoms with E-state index in [1.807, 2.05) is 12.2 Å². The Labute approximate surface area is 134 Å². The summed E-state index contributed by atoms with van der Waals surface area (Å²) < 4.78 is 10.4. The van der Waals surface area contributed by atoms with E-state index in [9.17, 15) is 9.59 Å². The SMILES string of the molecule is O=C1CCC=CCCC(=O)OCCCCCCCCCCO1. The highest BCUT2D eigenvalue weighted by atomic mass is 16.5. The maximum Gasteiger partial charge on any atom is 0.306 e. The van der Waals surface area contributed by atoms with E-state index >= 15 is 0 Å². The first-order valence-corrected chi connectivity index (χ1v) is 8.75. The molecule has 0 aromatic rings. The molecule has 0 saturated carbocycles. The van der Waals surface area contributed by atoms with Crippen LogP contribution in [0.5, 0.6) is 0 Å². The van der Waals surface area contributed by atoms with E-state index in [0.29, 0.717) is 38.9 Å². The van der Waals surface area contributed by atoms with Crippen LogP contribution in [0.3, 0.4) is 0 Å². The fraction of sp³-hybridized carbons (Fsp3) is 0.778. The van der Waals surface area contributed by atoms with Gasteiger partial charge in [0.05, 0.1) is 13.2 Å². The molecule has 0 N–H and O–H groups in total. The van der Waals surface area contributed by atoms with Gasteiger partial charge in [0.25, 0.3) is 0 Å². The lowest BCUT2D eigenvalue weighted by molar-refractivity contribution is -0.144. The van der Waals surface area contributed by atoms with E-state index in [1.165, 1.54) is 25.7 Å². The summed E-state index contributed by atoms with van der Waals surface area (Å²) in [6, 6.07) is 0. The lowest BCUT2D eigenvalue weighted by Gasteiger charge is -2.06. The van der Waals surface area contributed by atoms with Crippen molar-refractivity contribution in [2.45, 2.75) is 77.0 Å². The molecule has 0 fully saturated rings. The van der Waals surface area contributed by atoms with Gasteiger partial charge in [-0.1, -0.05) is 50.7 Å². The van der Waals surface area contributed by atoms with Crippen molar-refractivity contribution in [2.24, 2.45) is 0 Å². The van der Waals surface area contributed by atoms with Crippen molar-refractivity contribution < 1.29 is 19.1 Å². The minimum atomic E-state index is -0.126. The third kappa shape index (κ3) is 11.4. The molecule has 0 spiro atoms. The van der Waals surface area contributed by atoms with Crippen molar-refractivity contribution in [3.05, 3.63) is 12.2 Å². The molecular formula is C18H30O4. The van der Waals surface area contributed by atoms with E-state index in [4.69, 9.17) is 9.47 Å². The van der Waals surface area contributed by atoms with Crippen LogP contribution < -0.4 is 0 Å². The Morgan fingerprint density at radius 2 is 0.955 bits per heavy atom. The minimum absolute atomic E-state index is 0.126. The van der Waals surface area contributed by atoms with Gasteiger partial charge in [-0.05, 0) is 25.7 Å². The first-order valence-electron chi connectivity index (χ1n) is 8.75. The third-order valence-corrected chi connectivity index (χ3v) is 3.76. The maximum absolute atomic E-state index is 11.5. The number of allylic oxidation sites excluding steroid dienone is 2. The first-order chi connectivity index (χ1) is 10.8. The van der Waals surface area contributed by atoms with Crippen LogP contribution in [-0.4, -0.2) is 25.2 Å². The second-order valence-corrected chi connectivity index (χ2v) is 5.82. The molecule has 0 radical (unpaired) electrons. The number of ether oxygens (including phenoxy) is 2. The minimum Gasteiger partial charge on any atom is -0.466 e. The van der Waals surface area contributed by atoms with Gasteiger partial charge in [-0.3, -0.25) is 9.59 Å². The van der Waals surface area contributed by atoms with Crippen molar-refractivity contribution in [1.29, 1.82) is 0 Å². The quantitative estimate of drug-likeness (QED) is 0.494. The Morgan fingerprint density at radius 1 is 0.591 bits per heavy atom. The summed E-state index contributed by atoms with van der Waals surface area (Å²) in [4.78, 5) is 23.0. The van der Waals surface area contributed by atoms with Gasteiger partial charge in [0.15, 0.2) is 0 Å². The van der Waals surface area contributed by atoms with Gasteiger partial charge in [-0.25, -0.2) is 0 Å². The maximum atomic E-state index is 11.5. The number of hydrogen-bond acceptors (Lipinski definition) is 4. The second kappa shape index (κ2) is 13.4. The van der Waals surface area contributed by atoms with Crippen molar-refractivity contribution in [2.75, 3.05) is 13.2 Å². The summed E-state index contributed by atoms with van der Waals surface area (Å²) in [6.07, 6.45) is 15.1. The molecule has 4 heteroatoms. The van der Waals surface area contributed by atoms with E-state index in [1.54, 1.807) is 0 Å². The Bertz CT molecular complexity index is 304. The monoisotopic (exact) mass is 310 g/mol. The summed E-state index contributed by atoms with van der Waals surface area (Å²) in [5.41, 5.74) is 0. The van der Waals surface area contributed by atoms with Crippen molar-refractivity contribution in [1.82, 2.24) is 0 Å². The normalized spacial score (nSPS) is 21.6. The topological polar surface area (TPSA) is 52.6 Å². The molecule has 0 unspecified atom stereocenters. The van der Waals surface area contributed by atoms with E-state index < -0.39 is 0 Å². The zero-order valence-corrected chi connectivity index (χ0v) is 13.7. The standard InChI is InChI=1S/C18H30O4/c19-17-13-9-5-6-10-14-18(20)22-16-12-8-4-2-1-3-7-11-15-21-17/h5-6H,1-4,7-16H2. The molecule has 0 bridgehead atoms. The Kier molecular flexibility index (Phi) is 11.4. The van der Waals surface area contributed by atoms with Gasteiger partial charge in [0.2, 0.25) is 0 Å². The number of esters is 2. The highest BCUT2D eigenvalue weighted by Crippen LogP contribution is 2.09. The van der Waals surface area contributed by atoms with Gasteiger partial charge in [-0.2, -0.15) is 0 Å². The van der Waals surface area contributed by atoms with Gasteiger partial charge in [-0.15, -0.1) is 0 Å². The number of carbonyl (C=O) groups is 2. The Balaban J connectivity index is 2.24. The molecule has 1 heterocycles. The van der Waals surface area contributed by atoms with Crippen LogP contribution in [0.25, 0.3) is 0 Å². The fourth-order valence-corrected chi connectivity index (χ4v) is 2.42. The predicted octanol–water partition coefficient (Wildman–Crippen LogP) is 4.32. The molecule has 0 aliphatic carbocycles. The van der Waals surface area contributed by atoms with Crippen LogP contribution in [0.15, 0.2) is 12.2 Å². The number of carbonyl (C=O) groups excluding carboxylic acids is 2. The molecule has 0 atom stereocenters. The molecular weight excluding hydrogens is 280 g/mol. The fourth-order valence-electron chi connectivity index (χ4n) is 2.42. The number of hydrogen-bond donors (Lipinski definition) is 0. The van der Waals surface area contributed by atoms with E-state index in [0.717, 1.165) is 25.7 Å². The molecule has 4 nitrogen and oxygen atoms in total. The van der Waals surface area contributed by atoms with E-state index in [2.05, 4.69) is 0 Å². The molecule has 0 aromatic carbocycles. The van der Waals surface area contributed by atoms with Crippen LogP contribution in [0, 0.1) is 0 Å². The zero-order valence-electron chi connectivity index (χ0n) is 13.7. The molecule has 0 saturated heterocycles. The van der Waals surface area contributed by atoms with Gasteiger partial charge in [0, 0.05) is 12.8 Å². The highest BCUT2D eigenvalue weighted by molar-refractivity contribution is 5.70. The van der Waals surface area contributed by atoms with Crippen molar-refractivity contribution in [3.63, 3.8) is 0 Å². The van der Waals surface area contributed by atoms with Crippen molar-refractivity contribution >= 4 is 11.9 Å². The van der Waals surface area contributed by atoms with Gasteiger partial charge >= 0.3 is 11.9 Å². The van der Waals surface area contributed by atoms with Crippen LogP contribution >= 0.6 is 0 Å². The predicted molar refractivity (Wildman–Crippen MR) is 86.5 cm³/mol. The largest absolute Gasteiger partial charge is 0.466 e. The summed E-state index contributed by atoms with van der Waals surface area (Å²) in [7, 11) is 0. The van der Waals surface area contributed by atoms with Gasteiger partial charge < -0.3 is 9.47 Å². The zero-order chi connectivity index (χ0) is 15.9. The molecule has 0 aromatic heterocycles. The summed E-state index contributed by atoms with van der Waals surface area (Å²) in [6.45, 7) is 1.10. The lowest BCUT2D eigenvalue weighted by atomic mass is 10.1. The van der Waals surface area contributed by atoms with Crippen LogP contribution in [0.1, 0.15) is 77.0 Å². The van der Waals surface area contributed by atoms with Crippen LogP contribution in [0.4, 0.5) is 0 Å². The lowest BCUT2D eigenvalue weighted by Crippen LogP contribution is -2.05. The van der Waals surface area contributed by atoms with Gasteiger partial charge in [0.1, 0.15) is 0 Å². The summed E-state index contributed by atoms with van der Waals surface area (Å²) in [5, 5.41) is 0. The Morgan fingerprint density at radius 3 is 1.36 bits per heavy atom. The van der Waals surface area contributed by atoms with Crippen molar-refractivity contribution in [3.8, 4) is 0 Å². The van der Waals surface area contributed by atoms with Crippen LogP contribution in [0.2, 0.25) is 0 Å². The highest BCUT2D eigenvalue weighted by Gasteiger charge is 2.03. The number of rotatable bonds is 0. The smallest absolute Gasteiger partial charge is 0.306 e. The summed E-state index contributed by atoms with van der Waals surface area (Å²) in [5.74, 6) is -0.253. The average molecular weight is 310 g/mol.